The summed E-state index contributed by atoms with van der Waals surface area (Å²) in [7, 11) is 1.60. The van der Waals surface area contributed by atoms with Gasteiger partial charge in [-0.05, 0) is 64.8 Å². The van der Waals surface area contributed by atoms with Crippen LogP contribution < -0.4 is 29.7 Å². The van der Waals surface area contributed by atoms with Crippen LogP contribution in [0.3, 0.4) is 0 Å². The second kappa shape index (κ2) is 13.1. The molecule has 0 aliphatic rings. The monoisotopic (exact) mass is 527 g/mol. The lowest BCUT2D eigenvalue weighted by molar-refractivity contribution is 0.202. The van der Waals surface area contributed by atoms with E-state index in [0.717, 1.165) is 0 Å². The first kappa shape index (κ1) is 24.9. The number of hydrazone groups is 1. The summed E-state index contributed by atoms with van der Waals surface area (Å²) in [6, 6.07) is 19.7. The van der Waals surface area contributed by atoms with Gasteiger partial charge in [0.2, 0.25) is 0 Å². The van der Waals surface area contributed by atoms with Crippen LogP contribution in [-0.2, 0) is 0 Å². The highest BCUT2D eigenvalue weighted by Crippen LogP contribution is 2.36. The number of ether oxygens (including phenoxy) is 4. The maximum Gasteiger partial charge on any atom is 0.339 e. The van der Waals surface area contributed by atoms with Gasteiger partial charge in [-0.2, -0.15) is 5.10 Å². The van der Waals surface area contributed by atoms with Gasteiger partial charge in [0, 0.05) is 5.69 Å². The molecule has 0 fully saturated rings. The van der Waals surface area contributed by atoms with Crippen LogP contribution in [0, 0.1) is 0 Å². The van der Waals surface area contributed by atoms with Gasteiger partial charge in [-0.15, -0.1) is 0 Å². The Morgan fingerprint density at radius 3 is 2.38 bits per heavy atom. The minimum Gasteiger partial charge on any atom is -0.493 e. The van der Waals surface area contributed by atoms with Crippen LogP contribution in [0.25, 0.3) is 0 Å². The van der Waals surface area contributed by atoms with Gasteiger partial charge in [0.1, 0.15) is 13.2 Å². The van der Waals surface area contributed by atoms with Gasteiger partial charge >= 0.3 is 6.03 Å². The van der Waals surface area contributed by atoms with Gasteiger partial charge < -0.3 is 24.3 Å². The number of carbonyl (C=O) groups excluding carboxylic acids is 1. The molecule has 3 aromatic rings. The number of hydrogen-bond acceptors (Lipinski definition) is 6. The van der Waals surface area contributed by atoms with Gasteiger partial charge in [0.25, 0.3) is 0 Å². The molecule has 0 aliphatic heterocycles. The molecule has 3 rings (SSSR count). The third kappa shape index (κ3) is 7.41. The number of nitrogens with zero attached hydrogens (tertiary/aromatic N) is 1. The van der Waals surface area contributed by atoms with Crippen LogP contribution in [0.4, 0.5) is 10.5 Å². The average Bonchev–Trinajstić information content (AvgIpc) is 2.84. The lowest BCUT2D eigenvalue weighted by Crippen LogP contribution is -2.24. The zero-order valence-corrected chi connectivity index (χ0v) is 20.5. The molecule has 0 saturated heterocycles. The van der Waals surface area contributed by atoms with Crippen LogP contribution in [-0.4, -0.2) is 39.2 Å². The minimum absolute atomic E-state index is 0.297. The molecule has 0 heterocycles. The van der Waals surface area contributed by atoms with Crippen LogP contribution in [0.15, 0.2) is 76.3 Å². The van der Waals surface area contributed by atoms with E-state index >= 15 is 0 Å². The van der Waals surface area contributed by atoms with Crippen molar-refractivity contribution in [3.63, 3.8) is 0 Å². The topological polar surface area (TPSA) is 90.4 Å². The van der Waals surface area contributed by atoms with Gasteiger partial charge in [0.15, 0.2) is 23.0 Å². The predicted octanol–water partition coefficient (Wildman–Crippen LogP) is 5.47. The van der Waals surface area contributed by atoms with Crippen molar-refractivity contribution in [1.82, 2.24) is 5.43 Å². The number of halogens is 1. The van der Waals surface area contributed by atoms with E-state index in [9.17, 15) is 4.79 Å². The van der Waals surface area contributed by atoms with E-state index in [-0.39, 0.29) is 0 Å². The summed E-state index contributed by atoms with van der Waals surface area (Å²) in [5.41, 5.74) is 3.83. The van der Waals surface area contributed by atoms with E-state index in [0.29, 0.717) is 58.5 Å². The SMILES string of the molecule is CCOc1cc(C=NNC(=O)Nc2ccccc2)cc(Br)c1OCCOc1ccccc1OC. The fourth-order valence-corrected chi connectivity index (χ4v) is 3.52. The molecule has 9 heteroatoms. The molecule has 0 aromatic heterocycles. The second-order valence-corrected chi connectivity index (χ2v) is 7.66. The minimum atomic E-state index is -0.443. The largest absolute Gasteiger partial charge is 0.493 e. The molecule has 0 saturated carbocycles. The van der Waals surface area contributed by atoms with Crippen molar-refractivity contribution in [1.29, 1.82) is 0 Å². The normalized spacial score (nSPS) is 10.6. The van der Waals surface area contributed by atoms with E-state index in [1.807, 2.05) is 55.5 Å². The molecular weight excluding hydrogens is 502 g/mol. The van der Waals surface area contributed by atoms with Crippen LogP contribution in [0.2, 0.25) is 0 Å². The lowest BCUT2D eigenvalue weighted by Gasteiger charge is -2.15. The molecular formula is C25H26BrN3O5. The standard InChI is InChI=1S/C25H26BrN3O5/c1-3-32-23-16-18(17-27-29-25(30)28-19-9-5-4-6-10-19)15-20(26)24(23)34-14-13-33-22-12-8-7-11-21(22)31-2/h4-12,15-17H,3,13-14H2,1-2H3,(H2,28,29,30). The van der Waals surface area contributed by atoms with Gasteiger partial charge in [-0.25, -0.2) is 10.2 Å². The quantitative estimate of drug-likeness (QED) is 0.196. The lowest BCUT2D eigenvalue weighted by atomic mass is 10.2. The number of rotatable bonds is 11. The summed E-state index contributed by atoms with van der Waals surface area (Å²) < 4.78 is 23.4. The first-order valence-corrected chi connectivity index (χ1v) is 11.4. The van der Waals surface area contributed by atoms with E-state index in [1.165, 1.54) is 6.21 Å². The van der Waals surface area contributed by atoms with E-state index in [2.05, 4.69) is 31.8 Å². The number of anilines is 1. The summed E-state index contributed by atoms with van der Waals surface area (Å²) >= 11 is 3.53. The Hall–Kier alpha value is -3.72. The molecule has 0 bridgehead atoms. The molecule has 3 aromatic carbocycles. The number of methoxy groups -OCH3 is 1. The third-order valence-electron chi connectivity index (χ3n) is 4.40. The molecule has 34 heavy (non-hydrogen) atoms. The van der Waals surface area contributed by atoms with Crippen LogP contribution in [0.5, 0.6) is 23.0 Å². The smallest absolute Gasteiger partial charge is 0.339 e. The summed E-state index contributed by atoms with van der Waals surface area (Å²) in [6.07, 6.45) is 1.52. The Kier molecular flexibility index (Phi) is 9.60. The van der Waals surface area contributed by atoms with Gasteiger partial charge in [0.05, 0.1) is 24.4 Å². The zero-order chi connectivity index (χ0) is 24.2. The summed E-state index contributed by atoms with van der Waals surface area (Å²) in [6.45, 7) is 2.96. The molecule has 2 N–H and O–H groups in total. The third-order valence-corrected chi connectivity index (χ3v) is 4.99. The molecule has 0 radical (unpaired) electrons. The Labute approximate surface area is 207 Å². The molecule has 178 valence electrons. The Balaban J connectivity index is 1.58. The van der Waals surface area contributed by atoms with E-state index < -0.39 is 6.03 Å². The Morgan fingerprint density at radius 1 is 0.941 bits per heavy atom. The highest BCUT2D eigenvalue weighted by molar-refractivity contribution is 9.10. The highest BCUT2D eigenvalue weighted by atomic mass is 79.9. The van der Waals surface area contributed by atoms with Crippen LogP contribution in [0.1, 0.15) is 12.5 Å². The number of hydrogen-bond donors (Lipinski definition) is 2. The fourth-order valence-electron chi connectivity index (χ4n) is 2.94. The summed E-state index contributed by atoms with van der Waals surface area (Å²) in [4.78, 5) is 12.0. The van der Waals surface area contributed by atoms with Crippen molar-refractivity contribution in [2.75, 3.05) is 32.2 Å². The predicted molar refractivity (Wildman–Crippen MR) is 135 cm³/mol. The molecule has 0 unspecified atom stereocenters. The maximum atomic E-state index is 12.0. The number of para-hydroxylation sites is 3. The number of amides is 2. The molecule has 8 nitrogen and oxygen atoms in total. The van der Waals surface area contributed by atoms with Gasteiger partial charge in [-0.1, -0.05) is 30.3 Å². The van der Waals surface area contributed by atoms with E-state index in [1.54, 1.807) is 25.3 Å². The Morgan fingerprint density at radius 2 is 1.65 bits per heavy atom. The second-order valence-electron chi connectivity index (χ2n) is 6.80. The number of carbonyl (C=O) groups is 1. The molecule has 2 amide bonds. The number of benzene rings is 3. The van der Waals surface area contributed by atoms with Crippen molar-refractivity contribution < 1.29 is 23.7 Å². The Bertz CT molecular complexity index is 1110. The highest BCUT2D eigenvalue weighted by Gasteiger charge is 2.12. The first-order chi connectivity index (χ1) is 16.6. The van der Waals surface area contributed by atoms with Crippen molar-refractivity contribution in [2.24, 2.45) is 5.10 Å². The number of nitrogens with one attached hydrogen (secondary N) is 2. The van der Waals surface area contributed by atoms with Crippen molar-refractivity contribution in [3.8, 4) is 23.0 Å². The van der Waals surface area contributed by atoms with Crippen LogP contribution >= 0.6 is 15.9 Å². The summed E-state index contributed by atoms with van der Waals surface area (Å²) in [5.74, 6) is 2.41. The maximum absolute atomic E-state index is 12.0. The summed E-state index contributed by atoms with van der Waals surface area (Å²) in [5, 5.41) is 6.69. The number of urea groups is 1. The fraction of sp³-hybridized carbons (Fsp3) is 0.200. The van der Waals surface area contributed by atoms with Crippen molar-refractivity contribution in [2.45, 2.75) is 6.92 Å². The van der Waals surface area contributed by atoms with Gasteiger partial charge in [-0.3, -0.25) is 0 Å². The van der Waals surface area contributed by atoms with Crippen molar-refractivity contribution in [3.05, 3.63) is 76.8 Å². The van der Waals surface area contributed by atoms with Crippen molar-refractivity contribution >= 4 is 33.9 Å². The average molecular weight is 528 g/mol. The van der Waals surface area contributed by atoms with E-state index in [4.69, 9.17) is 18.9 Å². The first-order valence-electron chi connectivity index (χ1n) is 10.6. The molecule has 0 atom stereocenters. The zero-order valence-electron chi connectivity index (χ0n) is 18.9. The molecule has 0 spiro atoms. The molecule has 0 aliphatic carbocycles.